The first kappa shape index (κ1) is 18.9. The summed E-state index contributed by atoms with van der Waals surface area (Å²) in [5.74, 6) is 0.589. The van der Waals surface area contributed by atoms with Gasteiger partial charge in [-0.1, -0.05) is 19.9 Å². The lowest BCUT2D eigenvalue weighted by Gasteiger charge is -2.20. The molecule has 2 aromatic heterocycles. The molecule has 0 saturated carbocycles. The van der Waals surface area contributed by atoms with Crippen molar-refractivity contribution in [3.63, 3.8) is 0 Å². The Morgan fingerprint density at radius 1 is 1.11 bits per heavy atom. The molecule has 0 aliphatic heterocycles. The minimum Gasteiger partial charge on any atom is -0.355 e. The van der Waals surface area contributed by atoms with Crippen molar-refractivity contribution in [3.05, 3.63) is 52.1 Å². The van der Waals surface area contributed by atoms with Gasteiger partial charge in [0, 0.05) is 12.6 Å². The van der Waals surface area contributed by atoms with E-state index in [0.29, 0.717) is 22.5 Å². The molecule has 1 amide bonds. The van der Waals surface area contributed by atoms with E-state index in [1.54, 1.807) is 6.92 Å². The number of hydrogen-bond acceptors (Lipinski definition) is 3. The third kappa shape index (κ3) is 3.52. The number of carbonyl (C=O) groups excluding carboxylic acids is 2. The lowest BCUT2D eigenvalue weighted by atomic mass is 10.0. The van der Waals surface area contributed by atoms with Crippen LogP contribution < -0.4 is 5.32 Å². The van der Waals surface area contributed by atoms with E-state index in [4.69, 9.17) is 0 Å². The molecule has 3 rings (SSSR count). The number of Topliss-reactive ketones (excluding diaryl/α,β-unsaturated/α-hetero) is 1. The fourth-order valence-electron chi connectivity index (χ4n) is 3.50. The van der Waals surface area contributed by atoms with E-state index in [1.807, 2.05) is 45.9 Å². The SMILES string of the molecule is CC(=O)c1[nH]c(C)c(C(=O)N[C@H](c2nc3ccc(C)cc3[nH]2)C(C)C)c1C. The molecule has 1 aromatic carbocycles. The molecular formula is C21H26N4O2. The molecule has 6 heteroatoms. The van der Waals surface area contributed by atoms with E-state index in [1.165, 1.54) is 6.92 Å². The summed E-state index contributed by atoms with van der Waals surface area (Å²) in [6.07, 6.45) is 0. The van der Waals surface area contributed by atoms with Crippen LogP contribution in [0.25, 0.3) is 11.0 Å². The average Bonchev–Trinajstić information content (AvgIpc) is 3.12. The maximum atomic E-state index is 13.0. The van der Waals surface area contributed by atoms with Crippen molar-refractivity contribution in [2.45, 2.75) is 47.6 Å². The summed E-state index contributed by atoms with van der Waals surface area (Å²) in [7, 11) is 0. The number of fused-ring (bicyclic) bond motifs is 1. The lowest BCUT2D eigenvalue weighted by molar-refractivity contribution is 0.0922. The Morgan fingerprint density at radius 2 is 1.81 bits per heavy atom. The third-order valence-electron chi connectivity index (χ3n) is 4.92. The summed E-state index contributed by atoms with van der Waals surface area (Å²) in [5, 5.41) is 3.09. The minimum atomic E-state index is -0.264. The summed E-state index contributed by atoms with van der Waals surface area (Å²) >= 11 is 0. The second-order valence-electron chi connectivity index (χ2n) is 7.52. The van der Waals surface area contributed by atoms with Gasteiger partial charge in [0.05, 0.1) is 28.3 Å². The van der Waals surface area contributed by atoms with Gasteiger partial charge in [-0.2, -0.15) is 0 Å². The zero-order chi connectivity index (χ0) is 19.9. The zero-order valence-electron chi connectivity index (χ0n) is 16.7. The number of ketones is 1. The number of imidazole rings is 1. The van der Waals surface area contributed by atoms with Crippen LogP contribution in [0.3, 0.4) is 0 Å². The smallest absolute Gasteiger partial charge is 0.253 e. The van der Waals surface area contributed by atoms with E-state index < -0.39 is 0 Å². The summed E-state index contributed by atoms with van der Waals surface area (Å²) in [5.41, 5.74) is 5.37. The highest BCUT2D eigenvalue weighted by molar-refractivity contribution is 6.02. The van der Waals surface area contributed by atoms with E-state index >= 15 is 0 Å². The molecule has 0 saturated heterocycles. The van der Waals surface area contributed by atoms with Gasteiger partial charge in [0.15, 0.2) is 5.78 Å². The maximum Gasteiger partial charge on any atom is 0.253 e. The van der Waals surface area contributed by atoms with E-state index in [9.17, 15) is 9.59 Å². The molecule has 0 aliphatic rings. The Morgan fingerprint density at radius 3 is 2.41 bits per heavy atom. The van der Waals surface area contributed by atoms with Gasteiger partial charge in [-0.15, -0.1) is 0 Å². The molecule has 0 unspecified atom stereocenters. The predicted octanol–water partition coefficient (Wildman–Crippen LogP) is 4.15. The van der Waals surface area contributed by atoms with Gasteiger partial charge in [-0.05, 0) is 49.9 Å². The van der Waals surface area contributed by atoms with Crippen molar-refractivity contribution in [2.24, 2.45) is 5.92 Å². The van der Waals surface area contributed by atoms with Crippen LogP contribution in [0.15, 0.2) is 18.2 Å². The van der Waals surface area contributed by atoms with E-state index in [-0.39, 0.29) is 23.7 Å². The number of aryl methyl sites for hydroxylation is 2. The third-order valence-corrected chi connectivity index (χ3v) is 4.92. The summed E-state index contributed by atoms with van der Waals surface area (Å²) < 4.78 is 0. The number of aromatic nitrogens is 3. The highest BCUT2D eigenvalue weighted by Gasteiger charge is 2.26. The second kappa shape index (κ2) is 7.02. The Hall–Kier alpha value is -2.89. The minimum absolute atomic E-state index is 0.0808. The van der Waals surface area contributed by atoms with Gasteiger partial charge in [-0.25, -0.2) is 4.98 Å². The van der Waals surface area contributed by atoms with Crippen LogP contribution in [0, 0.1) is 26.7 Å². The van der Waals surface area contributed by atoms with Gasteiger partial charge < -0.3 is 15.3 Å². The fraction of sp³-hybridized carbons (Fsp3) is 0.381. The molecule has 0 radical (unpaired) electrons. The Bertz CT molecular complexity index is 1030. The molecule has 0 bridgehead atoms. The first-order chi connectivity index (χ1) is 12.7. The Labute approximate surface area is 158 Å². The molecule has 2 heterocycles. The van der Waals surface area contributed by atoms with Crippen molar-refractivity contribution in [1.82, 2.24) is 20.3 Å². The number of nitrogens with one attached hydrogen (secondary N) is 3. The molecule has 27 heavy (non-hydrogen) atoms. The number of nitrogens with zero attached hydrogens (tertiary/aromatic N) is 1. The topological polar surface area (TPSA) is 90.6 Å². The Balaban J connectivity index is 1.95. The van der Waals surface area contributed by atoms with Gasteiger partial charge in [0.1, 0.15) is 5.82 Å². The van der Waals surface area contributed by atoms with Crippen molar-refractivity contribution < 1.29 is 9.59 Å². The van der Waals surface area contributed by atoms with Crippen LogP contribution in [-0.4, -0.2) is 26.6 Å². The molecule has 142 valence electrons. The van der Waals surface area contributed by atoms with Crippen molar-refractivity contribution in [1.29, 1.82) is 0 Å². The standard InChI is InChI=1S/C21H26N4O2/c1-10(2)18(20-23-15-8-7-11(3)9-16(15)24-20)25-21(27)17-12(4)19(14(6)26)22-13(17)5/h7-10,18,22H,1-6H3,(H,23,24)(H,25,27)/t18-/m0/s1. The summed E-state index contributed by atoms with van der Waals surface area (Å²) in [4.78, 5) is 35.8. The molecule has 3 aromatic rings. The zero-order valence-corrected chi connectivity index (χ0v) is 16.7. The monoisotopic (exact) mass is 366 g/mol. The first-order valence-corrected chi connectivity index (χ1v) is 9.16. The number of carbonyl (C=O) groups is 2. The second-order valence-corrected chi connectivity index (χ2v) is 7.52. The number of rotatable bonds is 5. The van der Waals surface area contributed by atoms with Crippen molar-refractivity contribution in [3.8, 4) is 0 Å². The highest BCUT2D eigenvalue weighted by atomic mass is 16.2. The quantitative estimate of drug-likeness (QED) is 0.593. The van der Waals surface area contributed by atoms with Crippen molar-refractivity contribution >= 4 is 22.7 Å². The summed E-state index contributed by atoms with van der Waals surface area (Å²) in [6.45, 7) is 11.2. The number of aromatic amines is 2. The van der Waals surface area contributed by atoms with E-state index in [0.717, 1.165) is 22.4 Å². The van der Waals surface area contributed by atoms with Crippen LogP contribution in [0.5, 0.6) is 0 Å². The molecule has 3 N–H and O–H groups in total. The van der Waals surface area contributed by atoms with Crippen LogP contribution in [0.1, 0.15) is 70.3 Å². The first-order valence-electron chi connectivity index (χ1n) is 9.16. The van der Waals surface area contributed by atoms with Crippen LogP contribution >= 0.6 is 0 Å². The Kier molecular flexibility index (Phi) is 4.91. The lowest BCUT2D eigenvalue weighted by Crippen LogP contribution is -2.33. The average molecular weight is 366 g/mol. The van der Waals surface area contributed by atoms with Crippen LogP contribution in [0.2, 0.25) is 0 Å². The number of H-pyrrole nitrogens is 2. The van der Waals surface area contributed by atoms with E-state index in [2.05, 4.69) is 20.3 Å². The maximum absolute atomic E-state index is 13.0. The molecule has 6 nitrogen and oxygen atoms in total. The molecule has 0 aliphatic carbocycles. The number of hydrogen-bond donors (Lipinski definition) is 3. The molecule has 0 spiro atoms. The van der Waals surface area contributed by atoms with Crippen molar-refractivity contribution in [2.75, 3.05) is 0 Å². The highest BCUT2D eigenvalue weighted by Crippen LogP contribution is 2.25. The molecule has 0 fully saturated rings. The number of benzene rings is 1. The number of amides is 1. The summed E-state index contributed by atoms with van der Waals surface area (Å²) in [6, 6.07) is 5.78. The van der Waals surface area contributed by atoms with Gasteiger partial charge in [-0.3, -0.25) is 9.59 Å². The van der Waals surface area contributed by atoms with Gasteiger partial charge >= 0.3 is 0 Å². The largest absolute Gasteiger partial charge is 0.355 e. The van der Waals surface area contributed by atoms with Crippen LogP contribution in [-0.2, 0) is 0 Å². The van der Waals surface area contributed by atoms with Gasteiger partial charge in [0.25, 0.3) is 5.91 Å². The fourth-order valence-corrected chi connectivity index (χ4v) is 3.50. The predicted molar refractivity (Wildman–Crippen MR) is 106 cm³/mol. The normalized spacial score (nSPS) is 12.6. The van der Waals surface area contributed by atoms with Crippen LogP contribution in [0.4, 0.5) is 0 Å². The molecular weight excluding hydrogens is 340 g/mol. The molecule has 1 atom stereocenters. The van der Waals surface area contributed by atoms with Gasteiger partial charge in [0.2, 0.25) is 0 Å².